The summed E-state index contributed by atoms with van der Waals surface area (Å²) in [6.07, 6.45) is 2.39. The average Bonchev–Trinajstić information content (AvgIpc) is 2.85. The van der Waals surface area contributed by atoms with Crippen LogP contribution in [0.1, 0.15) is 49.8 Å². The number of aliphatic hydroxyl groups is 3. The van der Waals surface area contributed by atoms with Crippen LogP contribution in [0, 0.1) is 17.3 Å². The van der Waals surface area contributed by atoms with Gasteiger partial charge in [-0.2, -0.15) is 0 Å². The summed E-state index contributed by atoms with van der Waals surface area (Å²) in [6, 6.07) is 0.405. The minimum Gasteiger partial charge on any atom is -0.508 e. The minimum absolute atomic E-state index is 0.0280. The number of likely N-dealkylation sites (N-methyl/N-ethyl adjacent to an activating group) is 1. The Kier molecular flexibility index (Phi) is 6.99. The van der Waals surface area contributed by atoms with Crippen LogP contribution in [0.25, 0.3) is 5.76 Å². The molecular weight excluding hydrogens is 530 g/mol. The van der Waals surface area contributed by atoms with Crippen molar-refractivity contribution in [1.82, 2.24) is 9.80 Å². The zero-order chi connectivity index (χ0) is 30.2. The van der Waals surface area contributed by atoms with Gasteiger partial charge in [-0.25, -0.2) is 0 Å². The van der Waals surface area contributed by atoms with Gasteiger partial charge in [-0.3, -0.25) is 24.2 Å². The first-order valence-corrected chi connectivity index (χ1v) is 13.9. The number of primary amides is 1. The maximum atomic E-state index is 14.0. The van der Waals surface area contributed by atoms with E-state index < -0.39 is 58.0 Å². The van der Waals surface area contributed by atoms with Crippen LogP contribution in [0.15, 0.2) is 23.0 Å². The second-order valence-corrected chi connectivity index (χ2v) is 12.9. The number of carbonyl (C=O) groups is 3. The summed E-state index contributed by atoms with van der Waals surface area (Å²) in [5.41, 5.74) is 3.17. The standard InChI is InChI=1S/C30H39N3O8/c1-29(2)7-6-8-33(13-29)12-15-11-18(34)20-16(25(15)41-5)9-14-10-17-22(32(3)4)24(36)21(28(31)39)27(38)30(17,40)26(37)19(14)23(20)35/h11,14,17,22,34-35,38,40H,6-10,12-13H2,1-5H3,(H2,31,39)/t14-,17-,22-,30-/m0/s1. The molecule has 1 aromatic carbocycles. The molecule has 0 unspecified atom stereocenters. The maximum absolute atomic E-state index is 14.0. The van der Waals surface area contributed by atoms with Crippen molar-refractivity contribution in [3.63, 3.8) is 0 Å². The van der Waals surface area contributed by atoms with Crippen molar-refractivity contribution in [2.75, 3.05) is 34.3 Å². The average molecular weight is 570 g/mol. The van der Waals surface area contributed by atoms with Gasteiger partial charge in [-0.1, -0.05) is 13.8 Å². The Hall–Kier alpha value is -3.41. The van der Waals surface area contributed by atoms with Crippen LogP contribution in [0.4, 0.5) is 0 Å². The summed E-state index contributed by atoms with van der Waals surface area (Å²) in [5.74, 6) is -6.22. The number of carbonyl (C=O) groups excluding carboxylic acids is 3. The van der Waals surface area contributed by atoms with Gasteiger partial charge in [0.1, 0.15) is 28.6 Å². The van der Waals surface area contributed by atoms with E-state index in [9.17, 15) is 34.8 Å². The largest absolute Gasteiger partial charge is 0.508 e. The summed E-state index contributed by atoms with van der Waals surface area (Å²) in [5, 5.41) is 45.3. The van der Waals surface area contributed by atoms with E-state index in [-0.39, 0.29) is 35.1 Å². The van der Waals surface area contributed by atoms with Crippen molar-refractivity contribution in [3.8, 4) is 11.5 Å². The van der Waals surface area contributed by atoms with Gasteiger partial charge in [-0.05, 0) is 63.7 Å². The number of likely N-dealkylation sites (tertiary alicyclic amines) is 1. The molecule has 1 amide bonds. The fraction of sp³-hybridized carbons (Fsp3) is 0.567. The summed E-state index contributed by atoms with van der Waals surface area (Å²) >= 11 is 0. The lowest BCUT2D eigenvalue weighted by molar-refractivity contribution is -0.153. The number of phenols is 1. The zero-order valence-electron chi connectivity index (χ0n) is 24.2. The Bertz CT molecular complexity index is 1410. The molecule has 11 nitrogen and oxygen atoms in total. The number of fused-ring (bicyclic) bond motifs is 3. The van der Waals surface area contributed by atoms with E-state index in [0.717, 1.165) is 31.5 Å². The molecule has 1 aromatic rings. The number of ketones is 2. The van der Waals surface area contributed by atoms with Crippen LogP contribution in [0.5, 0.6) is 11.5 Å². The number of amides is 1. The monoisotopic (exact) mass is 569 g/mol. The normalized spacial score (nSPS) is 29.8. The van der Waals surface area contributed by atoms with Crippen molar-refractivity contribution < 1.29 is 39.5 Å². The molecule has 2 fully saturated rings. The van der Waals surface area contributed by atoms with Gasteiger partial charge in [0.25, 0.3) is 5.91 Å². The summed E-state index contributed by atoms with van der Waals surface area (Å²) in [7, 11) is 4.67. The predicted octanol–water partition coefficient (Wildman–Crippen LogP) is 1.59. The van der Waals surface area contributed by atoms with Gasteiger partial charge in [0.2, 0.25) is 5.78 Å². The first-order chi connectivity index (χ1) is 19.1. The lowest BCUT2D eigenvalue weighted by Gasteiger charge is -2.50. The third-order valence-corrected chi connectivity index (χ3v) is 9.33. The molecule has 11 heteroatoms. The molecule has 0 bridgehead atoms. The van der Waals surface area contributed by atoms with Crippen LogP contribution >= 0.6 is 0 Å². The van der Waals surface area contributed by atoms with Gasteiger partial charge in [-0.15, -0.1) is 0 Å². The number of ether oxygens (including phenoxy) is 1. The van der Waals surface area contributed by atoms with Crippen molar-refractivity contribution in [2.45, 2.75) is 57.7 Å². The van der Waals surface area contributed by atoms with Gasteiger partial charge in [0, 0.05) is 35.7 Å². The molecule has 5 rings (SSSR count). The number of benzene rings is 1. The number of aliphatic hydroxyl groups excluding tert-OH is 2. The molecule has 0 aromatic heterocycles. The highest BCUT2D eigenvalue weighted by Gasteiger charge is 2.64. The van der Waals surface area contributed by atoms with E-state index in [0.29, 0.717) is 17.9 Å². The van der Waals surface area contributed by atoms with Crippen LogP contribution in [-0.4, -0.2) is 93.6 Å². The van der Waals surface area contributed by atoms with Gasteiger partial charge in [0.15, 0.2) is 11.4 Å². The van der Waals surface area contributed by atoms with Crippen LogP contribution in [0.2, 0.25) is 0 Å². The third-order valence-electron chi connectivity index (χ3n) is 9.33. The SMILES string of the molecule is COc1c(CN2CCCC(C)(C)C2)cc(O)c2c1C[C@H]1C[C@H]3[C@H](N(C)C)C(=O)C(C(N)=O)=C(O)[C@@]3(O)C(=O)C1=C2O. The number of phenolic OH excluding ortho intramolecular Hbond substituents is 1. The molecule has 0 spiro atoms. The lowest BCUT2D eigenvalue weighted by Crippen LogP contribution is -2.65. The van der Waals surface area contributed by atoms with E-state index in [1.807, 2.05) is 0 Å². The molecule has 41 heavy (non-hydrogen) atoms. The molecule has 3 aliphatic carbocycles. The molecular formula is C30H39N3O8. The molecule has 222 valence electrons. The fourth-order valence-electron chi connectivity index (χ4n) is 7.65. The molecule has 1 saturated carbocycles. The van der Waals surface area contributed by atoms with Crippen molar-refractivity contribution in [1.29, 1.82) is 0 Å². The van der Waals surface area contributed by atoms with Gasteiger partial charge in [0.05, 0.1) is 18.7 Å². The molecule has 1 heterocycles. The Morgan fingerprint density at radius 2 is 1.90 bits per heavy atom. The second-order valence-electron chi connectivity index (χ2n) is 12.9. The lowest BCUT2D eigenvalue weighted by atomic mass is 9.57. The first kappa shape index (κ1) is 29.1. The number of Topliss-reactive ketones (excluding diaryl/α,β-unsaturated/α-hetero) is 2. The van der Waals surface area contributed by atoms with Crippen LogP contribution in [0.3, 0.4) is 0 Å². The number of nitrogens with zero attached hydrogens (tertiary/aromatic N) is 2. The van der Waals surface area contributed by atoms with Crippen LogP contribution in [-0.2, 0) is 27.3 Å². The topological polar surface area (TPSA) is 174 Å². The Morgan fingerprint density at radius 1 is 1.22 bits per heavy atom. The van der Waals surface area contributed by atoms with Crippen molar-refractivity contribution in [3.05, 3.63) is 39.7 Å². The number of nitrogens with two attached hydrogens (primary N) is 1. The van der Waals surface area contributed by atoms with E-state index in [1.54, 1.807) is 14.1 Å². The zero-order valence-corrected chi connectivity index (χ0v) is 24.2. The number of aromatic hydroxyl groups is 1. The summed E-state index contributed by atoms with van der Waals surface area (Å²) in [4.78, 5) is 43.2. The van der Waals surface area contributed by atoms with E-state index >= 15 is 0 Å². The number of hydrogen-bond donors (Lipinski definition) is 5. The van der Waals surface area contributed by atoms with E-state index in [4.69, 9.17) is 10.5 Å². The smallest absolute Gasteiger partial charge is 0.255 e. The summed E-state index contributed by atoms with van der Waals surface area (Å²) in [6.45, 7) is 6.76. The molecule has 1 saturated heterocycles. The van der Waals surface area contributed by atoms with Crippen molar-refractivity contribution in [2.24, 2.45) is 23.0 Å². The Balaban J connectivity index is 1.64. The fourth-order valence-corrected chi connectivity index (χ4v) is 7.65. The van der Waals surface area contributed by atoms with Crippen LogP contribution < -0.4 is 10.5 Å². The maximum Gasteiger partial charge on any atom is 0.255 e. The Labute approximate surface area is 238 Å². The van der Waals surface area contributed by atoms with Gasteiger partial charge < -0.3 is 30.9 Å². The second kappa shape index (κ2) is 9.85. The number of piperidine rings is 1. The molecule has 6 N–H and O–H groups in total. The van der Waals surface area contributed by atoms with E-state index in [2.05, 4.69) is 18.7 Å². The Morgan fingerprint density at radius 3 is 2.49 bits per heavy atom. The predicted molar refractivity (Wildman–Crippen MR) is 149 cm³/mol. The highest BCUT2D eigenvalue weighted by Crippen LogP contribution is 2.54. The molecule has 4 atom stereocenters. The number of rotatable bonds is 5. The number of methoxy groups -OCH3 is 1. The highest BCUT2D eigenvalue weighted by atomic mass is 16.5. The minimum atomic E-state index is -2.66. The number of hydrogen-bond acceptors (Lipinski definition) is 10. The first-order valence-electron chi connectivity index (χ1n) is 13.9. The quantitative estimate of drug-likeness (QED) is 0.328. The van der Waals surface area contributed by atoms with Gasteiger partial charge >= 0.3 is 0 Å². The molecule has 4 aliphatic rings. The van der Waals surface area contributed by atoms with E-state index in [1.165, 1.54) is 18.1 Å². The third kappa shape index (κ3) is 4.33. The summed E-state index contributed by atoms with van der Waals surface area (Å²) < 4.78 is 5.84. The highest BCUT2D eigenvalue weighted by molar-refractivity contribution is 6.24. The molecule has 0 radical (unpaired) electrons. The molecule has 1 aliphatic heterocycles. The van der Waals surface area contributed by atoms with Crippen molar-refractivity contribution >= 4 is 23.2 Å².